The number of aryl methyl sites for hydroxylation is 1. The molecule has 0 atom stereocenters. The Bertz CT molecular complexity index is 2000. The number of nitrogens with one attached hydrogen (secondary N) is 3. The van der Waals surface area contributed by atoms with E-state index in [4.69, 9.17) is 4.99 Å². The van der Waals surface area contributed by atoms with Crippen molar-refractivity contribution >= 4 is 34.7 Å². The molecule has 0 saturated carbocycles. The third-order valence-corrected chi connectivity index (χ3v) is 7.61. The van der Waals surface area contributed by atoms with E-state index in [1.54, 1.807) is 6.21 Å². The van der Waals surface area contributed by atoms with Gasteiger partial charge in [0, 0.05) is 46.2 Å². The molecule has 1 amide bonds. The smallest absolute Gasteiger partial charge is 0.255 e. The molecule has 44 heavy (non-hydrogen) atoms. The van der Waals surface area contributed by atoms with Crippen molar-refractivity contribution in [3.05, 3.63) is 184 Å². The summed E-state index contributed by atoms with van der Waals surface area (Å²) in [7, 11) is 0. The number of nitrogens with zero attached hydrogens (tertiary/aromatic N) is 2. The number of carbonyl (C=O) groups is 1. The van der Waals surface area contributed by atoms with Gasteiger partial charge in [0.25, 0.3) is 5.91 Å². The highest BCUT2D eigenvalue weighted by molar-refractivity contribution is 6.11. The molecule has 7 rings (SSSR count). The minimum absolute atomic E-state index is 0.155. The van der Waals surface area contributed by atoms with Gasteiger partial charge in [0.15, 0.2) is 0 Å². The van der Waals surface area contributed by atoms with Crippen molar-refractivity contribution < 1.29 is 4.79 Å². The van der Waals surface area contributed by atoms with Crippen molar-refractivity contribution in [2.45, 2.75) is 6.92 Å². The number of hydrogen-bond acceptors (Lipinski definition) is 3. The first kappa shape index (κ1) is 26.9. The highest BCUT2D eigenvalue weighted by Crippen LogP contribution is 2.32. The predicted molar refractivity (Wildman–Crippen MR) is 179 cm³/mol. The van der Waals surface area contributed by atoms with Gasteiger partial charge in [-0.25, -0.2) is 4.99 Å². The van der Waals surface area contributed by atoms with Gasteiger partial charge in [0.1, 0.15) is 0 Å². The number of rotatable bonds is 7. The Morgan fingerprint density at radius 1 is 0.682 bits per heavy atom. The summed E-state index contributed by atoms with van der Waals surface area (Å²) in [4.78, 5) is 29.4. The summed E-state index contributed by atoms with van der Waals surface area (Å²) in [6, 6.07) is 33.7. The number of benzene rings is 3. The fraction of sp³-hybridized carbons (Fsp3) is 0.0263. The molecule has 3 aromatic carbocycles. The van der Waals surface area contributed by atoms with Crippen molar-refractivity contribution in [1.29, 1.82) is 0 Å². The molecular formula is C38H29N5O. The Hall–Kier alpha value is -6.01. The summed E-state index contributed by atoms with van der Waals surface area (Å²) >= 11 is 0. The third-order valence-electron chi connectivity index (χ3n) is 7.61. The average Bonchev–Trinajstić information content (AvgIpc) is 3.89. The van der Waals surface area contributed by atoms with Crippen LogP contribution in [0.25, 0.3) is 11.1 Å². The monoisotopic (exact) mass is 571 g/mol. The number of H-pyrrole nitrogens is 2. The number of amides is 1. The fourth-order valence-corrected chi connectivity index (χ4v) is 5.39. The SMILES string of the molecule is Cc1ccc(/C(=C2\C=CC(c3ccc(/C(=C4/C=CC=N4)c4ccc(C(=O)Nc5ccccc5)cc4)[nH]3)=N2)c2ccc[nH]2)cc1. The van der Waals surface area contributed by atoms with Crippen LogP contribution in [0.15, 0.2) is 155 Å². The molecule has 2 aliphatic heterocycles. The van der Waals surface area contributed by atoms with Crippen LogP contribution in [0.4, 0.5) is 5.69 Å². The lowest BCUT2D eigenvalue weighted by atomic mass is 9.99. The summed E-state index contributed by atoms with van der Waals surface area (Å²) in [6.07, 6.45) is 11.7. The first-order valence-corrected chi connectivity index (χ1v) is 14.5. The van der Waals surface area contributed by atoms with E-state index in [0.29, 0.717) is 5.56 Å². The van der Waals surface area contributed by atoms with Gasteiger partial charge in [-0.1, -0.05) is 60.2 Å². The van der Waals surface area contributed by atoms with Gasteiger partial charge >= 0.3 is 0 Å². The molecule has 6 nitrogen and oxygen atoms in total. The highest BCUT2D eigenvalue weighted by atomic mass is 16.1. The van der Waals surface area contributed by atoms with Crippen LogP contribution in [0.1, 0.15) is 44.1 Å². The molecule has 2 aromatic heterocycles. The minimum atomic E-state index is -0.155. The standard InChI is InChI=1S/C38H29N5O/c1-25-11-13-26(14-12-25)36(32-9-5-23-39-32)34-21-19-30(42-34)31-20-22-35(43-31)37(33-10-6-24-40-33)27-15-17-28(18-16-27)38(44)41-29-7-3-2-4-8-29/h2-24,39,43H,1H3,(H,41,44)/b36-34-,37-33-. The van der Waals surface area contributed by atoms with E-state index in [9.17, 15) is 4.79 Å². The number of aromatic amines is 2. The number of hydrogen-bond donors (Lipinski definition) is 3. The Balaban J connectivity index is 1.20. The van der Waals surface area contributed by atoms with Gasteiger partial charge < -0.3 is 15.3 Å². The van der Waals surface area contributed by atoms with Crippen LogP contribution in [-0.2, 0) is 0 Å². The zero-order valence-corrected chi connectivity index (χ0v) is 24.1. The third kappa shape index (κ3) is 5.44. The zero-order valence-electron chi connectivity index (χ0n) is 24.1. The van der Waals surface area contributed by atoms with E-state index in [2.05, 4.69) is 69.7 Å². The highest BCUT2D eigenvalue weighted by Gasteiger charge is 2.19. The van der Waals surface area contributed by atoms with Gasteiger partial charge in [0.2, 0.25) is 0 Å². The molecule has 2 aliphatic rings. The van der Waals surface area contributed by atoms with Crippen LogP contribution in [0.2, 0.25) is 0 Å². The molecule has 0 bridgehead atoms. The van der Waals surface area contributed by atoms with Crippen LogP contribution in [0.3, 0.4) is 0 Å². The normalized spacial score (nSPS) is 15.9. The van der Waals surface area contributed by atoms with E-state index in [1.807, 2.05) is 91.2 Å². The number of para-hydroxylation sites is 1. The average molecular weight is 572 g/mol. The summed E-state index contributed by atoms with van der Waals surface area (Å²) in [5, 5.41) is 2.94. The fourth-order valence-electron chi connectivity index (χ4n) is 5.39. The van der Waals surface area contributed by atoms with Crippen molar-refractivity contribution in [3.63, 3.8) is 0 Å². The molecule has 6 heteroatoms. The van der Waals surface area contributed by atoms with Gasteiger partial charge in [0.05, 0.1) is 22.8 Å². The number of aromatic nitrogens is 2. The second-order valence-electron chi connectivity index (χ2n) is 10.6. The topological polar surface area (TPSA) is 85.4 Å². The first-order chi connectivity index (χ1) is 21.6. The molecule has 3 N–H and O–H groups in total. The molecule has 212 valence electrons. The van der Waals surface area contributed by atoms with Gasteiger partial charge in [-0.05, 0) is 90.9 Å². The van der Waals surface area contributed by atoms with Crippen LogP contribution < -0.4 is 5.32 Å². The maximum Gasteiger partial charge on any atom is 0.255 e. The molecular weight excluding hydrogens is 542 g/mol. The Labute approximate surface area is 255 Å². The van der Waals surface area contributed by atoms with E-state index in [-0.39, 0.29) is 5.91 Å². The molecule has 0 unspecified atom stereocenters. The molecule has 0 fully saturated rings. The lowest BCUT2D eigenvalue weighted by Gasteiger charge is -2.10. The van der Waals surface area contributed by atoms with Gasteiger partial charge in [-0.15, -0.1) is 0 Å². The quantitative estimate of drug-likeness (QED) is 0.181. The maximum absolute atomic E-state index is 12.8. The van der Waals surface area contributed by atoms with Crippen LogP contribution in [-0.4, -0.2) is 27.8 Å². The number of carbonyl (C=O) groups excluding carboxylic acids is 1. The lowest BCUT2D eigenvalue weighted by Crippen LogP contribution is -2.11. The number of allylic oxidation sites excluding steroid dienone is 4. The van der Waals surface area contributed by atoms with Gasteiger partial charge in [-0.2, -0.15) is 0 Å². The van der Waals surface area contributed by atoms with Crippen LogP contribution >= 0.6 is 0 Å². The molecule has 4 heterocycles. The Kier molecular flexibility index (Phi) is 7.14. The van der Waals surface area contributed by atoms with Crippen LogP contribution in [0, 0.1) is 6.92 Å². The Morgan fingerprint density at radius 2 is 1.41 bits per heavy atom. The molecule has 5 aromatic rings. The second kappa shape index (κ2) is 11.7. The molecule has 0 radical (unpaired) electrons. The van der Waals surface area contributed by atoms with Crippen molar-refractivity contribution in [2.24, 2.45) is 9.98 Å². The van der Waals surface area contributed by atoms with Crippen LogP contribution in [0.5, 0.6) is 0 Å². The Morgan fingerprint density at radius 3 is 2.11 bits per heavy atom. The molecule has 0 saturated heterocycles. The summed E-state index contributed by atoms with van der Waals surface area (Å²) < 4.78 is 0. The predicted octanol–water partition coefficient (Wildman–Crippen LogP) is 8.12. The molecule has 0 spiro atoms. The minimum Gasteiger partial charge on any atom is -0.361 e. The largest absolute Gasteiger partial charge is 0.361 e. The second-order valence-corrected chi connectivity index (χ2v) is 10.6. The first-order valence-electron chi connectivity index (χ1n) is 14.5. The van der Waals surface area contributed by atoms with E-state index >= 15 is 0 Å². The van der Waals surface area contributed by atoms with Crippen molar-refractivity contribution in [3.8, 4) is 0 Å². The maximum atomic E-state index is 12.8. The van der Waals surface area contributed by atoms with E-state index in [0.717, 1.165) is 62.1 Å². The number of aliphatic imine (C=N–C) groups is 2. The summed E-state index contributed by atoms with van der Waals surface area (Å²) in [5.41, 5.74) is 12.0. The van der Waals surface area contributed by atoms with E-state index in [1.165, 1.54) is 5.56 Å². The summed E-state index contributed by atoms with van der Waals surface area (Å²) in [6.45, 7) is 2.09. The van der Waals surface area contributed by atoms with Crippen molar-refractivity contribution in [2.75, 3.05) is 5.32 Å². The lowest BCUT2D eigenvalue weighted by molar-refractivity contribution is 0.102. The summed E-state index contributed by atoms with van der Waals surface area (Å²) in [5.74, 6) is -0.155. The zero-order chi connectivity index (χ0) is 29.9. The van der Waals surface area contributed by atoms with Crippen molar-refractivity contribution in [1.82, 2.24) is 9.97 Å². The van der Waals surface area contributed by atoms with E-state index < -0.39 is 0 Å². The molecule has 0 aliphatic carbocycles. The van der Waals surface area contributed by atoms with Gasteiger partial charge in [-0.3, -0.25) is 9.79 Å². The number of anilines is 1.